The monoisotopic (exact) mass is 374 g/mol. The summed E-state index contributed by atoms with van der Waals surface area (Å²) >= 11 is 9.19. The number of nitrogens with one attached hydrogen (secondary N) is 1. The molecule has 0 aliphatic heterocycles. The molecule has 0 radical (unpaired) electrons. The van der Waals surface area contributed by atoms with Crippen LogP contribution in [0.15, 0.2) is 45.8 Å². The van der Waals surface area contributed by atoms with E-state index >= 15 is 0 Å². The lowest BCUT2D eigenvalue weighted by Crippen LogP contribution is -2.14. The van der Waals surface area contributed by atoms with Crippen LogP contribution in [0.4, 0.5) is 11.4 Å². The molecular formula is C13H12BrClN2O2S. The molecule has 0 amide bonds. The summed E-state index contributed by atoms with van der Waals surface area (Å²) in [7, 11) is -3.69. The van der Waals surface area contributed by atoms with Crippen molar-refractivity contribution >= 4 is 48.9 Å². The van der Waals surface area contributed by atoms with Crippen LogP contribution in [-0.2, 0) is 10.0 Å². The van der Waals surface area contributed by atoms with Crippen LogP contribution in [0.2, 0.25) is 5.02 Å². The van der Waals surface area contributed by atoms with E-state index in [9.17, 15) is 8.42 Å². The zero-order valence-corrected chi connectivity index (χ0v) is 13.7. The number of nitrogen functional groups attached to an aromatic ring is 1. The van der Waals surface area contributed by atoms with E-state index in [2.05, 4.69) is 20.7 Å². The topological polar surface area (TPSA) is 72.2 Å². The van der Waals surface area contributed by atoms with Crippen LogP contribution < -0.4 is 10.5 Å². The smallest absolute Gasteiger partial charge is 0.261 e. The van der Waals surface area contributed by atoms with Crippen LogP contribution in [0.3, 0.4) is 0 Å². The molecule has 0 atom stereocenters. The maximum Gasteiger partial charge on any atom is 0.261 e. The van der Waals surface area contributed by atoms with Gasteiger partial charge in [-0.2, -0.15) is 0 Å². The van der Waals surface area contributed by atoms with Gasteiger partial charge in [0.05, 0.1) is 10.6 Å². The molecule has 4 nitrogen and oxygen atoms in total. The number of benzene rings is 2. The highest BCUT2D eigenvalue weighted by atomic mass is 79.9. The number of halogens is 2. The highest BCUT2D eigenvalue weighted by molar-refractivity contribution is 9.10. The average molecular weight is 376 g/mol. The molecule has 2 aromatic rings. The lowest BCUT2D eigenvalue weighted by molar-refractivity contribution is 0.601. The third-order valence-electron chi connectivity index (χ3n) is 2.79. The van der Waals surface area contributed by atoms with Gasteiger partial charge in [-0.15, -0.1) is 0 Å². The average Bonchev–Trinajstić information content (AvgIpc) is 2.38. The fraction of sp³-hybridized carbons (Fsp3) is 0.0769. The highest BCUT2D eigenvalue weighted by Gasteiger charge is 2.16. The van der Waals surface area contributed by atoms with Crippen molar-refractivity contribution in [1.82, 2.24) is 0 Å². The summed E-state index contributed by atoms with van der Waals surface area (Å²) in [5.74, 6) is 0. The van der Waals surface area contributed by atoms with E-state index < -0.39 is 10.0 Å². The minimum atomic E-state index is -3.69. The molecule has 0 heterocycles. The van der Waals surface area contributed by atoms with E-state index in [4.69, 9.17) is 17.3 Å². The van der Waals surface area contributed by atoms with Crippen LogP contribution in [0, 0.1) is 6.92 Å². The summed E-state index contributed by atoms with van der Waals surface area (Å²) in [5, 5.41) is 0.503. The molecule has 2 aromatic carbocycles. The zero-order chi connectivity index (χ0) is 14.9. The molecular weight excluding hydrogens is 364 g/mol. The van der Waals surface area contributed by atoms with E-state index in [1.807, 2.05) is 0 Å². The Morgan fingerprint density at radius 3 is 2.60 bits per heavy atom. The molecule has 0 saturated carbocycles. The summed E-state index contributed by atoms with van der Waals surface area (Å²) in [6, 6.07) is 9.48. The van der Waals surface area contributed by atoms with Crippen molar-refractivity contribution < 1.29 is 8.42 Å². The second-order valence-electron chi connectivity index (χ2n) is 4.20. The zero-order valence-electron chi connectivity index (χ0n) is 10.5. The summed E-state index contributed by atoms with van der Waals surface area (Å²) in [5.41, 5.74) is 7.25. The SMILES string of the molecule is Cc1c(Cl)cccc1NS(=O)(=O)c1ccc(N)c(Br)c1. The molecule has 3 N–H and O–H groups in total. The third-order valence-corrected chi connectivity index (χ3v) is 5.25. The summed E-state index contributed by atoms with van der Waals surface area (Å²) in [6.07, 6.45) is 0. The summed E-state index contributed by atoms with van der Waals surface area (Å²) in [4.78, 5) is 0.123. The van der Waals surface area contributed by atoms with Crippen molar-refractivity contribution in [3.8, 4) is 0 Å². The van der Waals surface area contributed by atoms with Gasteiger partial charge < -0.3 is 5.73 Å². The van der Waals surface area contributed by atoms with Gasteiger partial charge in [-0.3, -0.25) is 4.72 Å². The predicted octanol–water partition coefficient (Wildman–Crippen LogP) is 3.79. The van der Waals surface area contributed by atoms with Gasteiger partial charge in [0.1, 0.15) is 0 Å². The first-order valence-electron chi connectivity index (χ1n) is 5.64. The Morgan fingerprint density at radius 2 is 1.95 bits per heavy atom. The molecule has 0 unspecified atom stereocenters. The molecule has 0 aliphatic rings. The molecule has 106 valence electrons. The fourth-order valence-electron chi connectivity index (χ4n) is 1.60. The van der Waals surface area contributed by atoms with E-state index in [1.54, 1.807) is 25.1 Å². The van der Waals surface area contributed by atoms with Crippen molar-refractivity contribution in [3.05, 3.63) is 51.5 Å². The van der Waals surface area contributed by atoms with Gasteiger partial charge in [0.15, 0.2) is 0 Å². The first kappa shape index (κ1) is 15.2. The van der Waals surface area contributed by atoms with Gasteiger partial charge in [-0.1, -0.05) is 17.7 Å². The Labute approximate surface area is 131 Å². The Morgan fingerprint density at radius 1 is 1.25 bits per heavy atom. The Bertz CT molecular complexity index is 763. The lowest BCUT2D eigenvalue weighted by Gasteiger charge is -2.12. The van der Waals surface area contributed by atoms with Crippen LogP contribution in [0.1, 0.15) is 5.56 Å². The molecule has 0 spiro atoms. The number of nitrogens with two attached hydrogens (primary N) is 1. The van der Waals surface area contributed by atoms with E-state index in [0.29, 0.717) is 26.4 Å². The number of hydrogen-bond donors (Lipinski definition) is 2. The van der Waals surface area contributed by atoms with Gasteiger partial charge in [0.25, 0.3) is 10.0 Å². The largest absolute Gasteiger partial charge is 0.398 e. The number of sulfonamides is 1. The van der Waals surface area contributed by atoms with Crippen molar-refractivity contribution in [2.75, 3.05) is 10.5 Å². The Kier molecular flexibility index (Phi) is 4.27. The summed E-state index contributed by atoms with van der Waals surface area (Å²) < 4.78 is 27.7. The number of anilines is 2. The van der Waals surface area contributed by atoms with Crippen LogP contribution >= 0.6 is 27.5 Å². The number of hydrogen-bond acceptors (Lipinski definition) is 3. The third kappa shape index (κ3) is 3.08. The fourth-order valence-corrected chi connectivity index (χ4v) is 3.45. The van der Waals surface area contributed by atoms with Crippen molar-refractivity contribution in [3.63, 3.8) is 0 Å². The molecule has 0 bridgehead atoms. The number of rotatable bonds is 3. The molecule has 2 rings (SSSR count). The second-order valence-corrected chi connectivity index (χ2v) is 7.15. The minimum absolute atomic E-state index is 0.123. The van der Waals surface area contributed by atoms with Gasteiger partial charge in [0, 0.05) is 15.2 Å². The van der Waals surface area contributed by atoms with Gasteiger partial charge >= 0.3 is 0 Å². The minimum Gasteiger partial charge on any atom is -0.398 e. The molecule has 0 aromatic heterocycles. The highest BCUT2D eigenvalue weighted by Crippen LogP contribution is 2.27. The van der Waals surface area contributed by atoms with Crippen molar-refractivity contribution in [2.45, 2.75) is 11.8 Å². The first-order chi connectivity index (χ1) is 9.31. The molecule has 0 saturated heterocycles. The quantitative estimate of drug-likeness (QED) is 0.802. The van der Waals surface area contributed by atoms with E-state index in [1.165, 1.54) is 18.2 Å². The van der Waals surface area contributed by atoms with E-state index in [-0.39, 0.29) is 4.90 Å². The maximum absolute atomic E-state index is 12.3. The van der Waals surface area contributed by atoms with Gasteiger partial charge in [-0.25, -0.2) is 8.42 Å². The van der Waals surface area contributed by atoms with Crippen molar-refractivity contribution in [2.24, 2.45) is 0 Å². The van der Waals surface area contributed by atoms with E-state index in [0.717, 1.165) is 0 Å². The van der Waals surface area contributed by atoms with Crippen molar-refractivity contribution in [1.29, 1.82) is 0 Å². The Balaban J connectivity index is 2.41. The van der Waals surface area contributed by atoms with Gasteiger partial charge in [0.2, 0.25) is 0 Å². The van der Waals surface area contributed by atoms with Gasteiger partial charge in [-0.05, 0) is 58.7 Å². The second kappa shape index (κ2) is 5.63. The van der Waals surface area contributed by atoms with Crippen LogP contribution in [0.5, 0.6) is 0 Å². The Hall–Kier alpha value is -1.24. The standard InChI is InChI=1S/C13H12BrClN2O2S/c1-8-11(15)3-2-4-13(8)17-20(18,19)9-5-6-12(16)10(14)7-9/h2-7,17H,16H2,1H3. The lowest BCUT2D eigenvalue weighted by atomic mass is 10.2. The first-order valence-corrected chi connectivity index (χ1v) is 8.29. The maximum atomic E-state index is 12.3. The molecule has 20 heavy (non-hydrogen) atoms. The predicted molar refractivity (Wildman–Crippen MR) is 85.6 cm³/mol. The summed E-state index contributed by atoms with van der Waals surface area (Å²) in [6.45, 7) is 1.75. The molecule has 0 aliphatic carbocycles. The molecule has 7 heteroatoms. The normalized spacial score (nSPS) is 11.3. The van der Waals surface area contributed by atoms with Crippen LogP contribution in [-0.4, -0.2) is 8.42 Å². The molecule has 0 fully saturated rings. The van der Waals surface area contributed by atoms with Crippen LogP contribution in [0.25, 0.3) is 0 Å².